The molecule has 0 fully saturated rings. The van der Waals surface area contributed by atoms with Crippen LogP contribution in [0.4, 0.5) is 0 Å². The van der Waals surface area contributed by atoms with Gasteiger partial charge in [0.1, 0.15) is 22.3 Å². The molecule has 4 nitrogen and oxygen atoms in total. The predicted octanol–water partition coefficient (Wildman–Crippen LogP) is 6.87. The minimum Gasteiger partial charge on any atom is -0.456 e. The molecule has 4 heterocycles. The maximum absolute atomic E-state index is 8.08. The fourth-order valence-corrected chi connectivity index (χ4v) is 3.83. The lowest BCUT2D eigenvalue weighted by atomic mass is 10.0. The zero-order valence-electron chi connectivity index (χ0n) is 23.9. The standard InChI is InChI=1S/C25H18N2O2/c1-13-10-19(27-11-14(13)2)18-12-26-15(3)22-17-8-9-21-23(24(17)29-25(18)22)16-6-4-5-7-20(16)28-21/h4-12H,1-3H3/i1D3,2D3,3D3. The van der Waals surface area contributed by atoms with Gasteiger partial charge in [-0.25, -0.2) is 0 Å². The number of aromatic nitrogens is 2. The number of nitrogens with zero attached hydrogens (tertiary/aromatic N) is 2. The Morgan fingerprint density at radius 1 is 0.759 bits per heavy atom. The molecule has 0 saturated heterocycles. The van der Waals surface area contributed by atoms with Crippen LogP contribution in [0.5, 0.6) is 0 Å². The lowest BCUT2D eigenvalue weighted by Gasteiger charge is -2.06. The third-order valence-corrected chi connectivity index (χ3v) is 5.18. The summed E-state index contributed by atoms with van der Waals surface area (Å²) in [5, 5.41) is 2.17. The summed E-state index contributed by atoms with van der Waals surface area (Å²) in [5.41, 5.74) is 1.08. The second-order valence-electron chi connectivity index (χ2n) is 6.86. The molecule has 6 rings (SSSR count). The van der Waals surface area contributed by atoms with E-state index in [4.69, 9.17) is 21.2 Å². The molecule has 0 atom stereocenters. The molecule has 0 aliphatic rings. The number of para-hydroxylation sites is 1. The topological polar surface area (TPSA) is 52.1 Å². The molecule has 0 aliphatic heterocycles. The van der Waals surface area contributed by atoms with E-state index < -0.39 is 20.6 Å². The Hall–Kier alpha value is -3.66. The van der Waals surface area contributed by atoms with E-state index in [1.807, 2.05) is 24.3 Å². The Kier molecular flexibility index (Phi) is 1.90. The summed E-state index contributed by atoms with van der Waals surface area (Å²) >= 11 is 0. The normalized spacial score (nSPS) is 17.9. The van der Waals surface area contributed by atoms with E-state index in [1.165, 1.54) is 12.3 Å². The van der Waals surface area contributed by atoms with Crippen molar-refractivity contribution in [1.29, 1.82) is 0 Å². The molecule has 140 valence electrons. The summed E-state index contributed by atoms with van der Waals surface area (Å²) in [4.78, 5) is 8.47. The maximum atomic E-state index is 8.08. The molecule has 0 N–H and O–H groups in total. The van der Waals surface area contributed by atoms with Crippen molar-refractivity contribution in [3.05, 3.63) is 71.7 Å². The van der Waals surface area contributed by atoms with Crippen molar-refractivity contribution >= 4 is 43.9 Å². The fraction of sp³-hybridized carbons (Fsp3) is 0.120. The monoisotopic (exact) mass is 387 g/mol. The number of benzene rings is 2. The molecule has 0 spiro atoms. The predicted molar refractivity (Wildman–Crippen MR) is 116 cm³/mol. The number of fused-ring (bicyclic) bond motifs is 7. The minimum absolute atomic E-state index is 0.0890. The number of hydrogen-bond donors (Lipinski definition) is 0. The van der Waals surface area contributed by atoms with Gasteiger partial charge < -0.3 is 8.83 Å². The van der Waals surface area contributed by atoms with Gasteiger partial charge in [0.2, 0.25) is 0 Å². The zero-order valence-corrected chi connectivity index (χ0v) is 14.9. The molecule has 6 aromatic rings. The second-order valence-corrected chi connectivity index (χ2v) is 6.86. The molecular weight excluding hydrogens is 360 g/mol. The molecule has 29 heavy (non-hydrogen) atoms. The van der Waals surface area contributed by atoms with Crippen LogP contribution in [0.3, 0.4) is 0 Å². The van der Waals surface area contributed by atoms with Crippen LogP contribution in [-0.2, 0) is 0 Å². The van der Waals surface area contributed by atoms with Gasteiger partial charge in [0.05, 0.1) is 22.0 Å². The summed E-state index contributed by atoms with van der Waals surface area (Å²) in [5.74, 6) is 0. The highest BCUT2D eigenvalue weighted by Gasteiger charge is 2.20. The third kappa shape index (κ3) is 2.20. The number of furan rings is 2. The van der Waals surface area contributed by atoms with Gasteiger partial charge in [-0.05, 0) is 55.9 Å². The summed E-state index contributed by atoms with van der Waals surface area (Å²) in [6.07, 6.45) is 2.27. The first-order valence-corrected chi connectivity index (χ1v) is 8.92. The minimum atomic E-state index is -2.73. The van der Waals surface area contributed by atoms with E-state index in [0.29, 0.717) is 27.5 Å². The summed E-state index contributed by atoms with van der Waals surface area (Å²) < 4.78 is 83.4. The Balaban J connectivity index is 1.74. The summed E-state index contributed by atoms with van der Waals surface area (Å²) in [6.45, 7) is -8.01. The van der Waals surface area contributed by atoms with Gasteiger partial charge >= 0.3 is 0 Å². The van der Waals surface area contributed by atoms with Gasteiger partial charge in [0.15, 0.2) is 0 Å². The number of hydrogen-bond acceptors (Lipinski definition) is 4. The largest absolute Gasteiger partial charge is 0.456 e. The van der Waals surface area contributed by atoms with E-state index in [2.05, 4.69) is 9.97 Å². The van der Waals surface area contributed by atoms with Crippen LogP contribution in [0, 0.1) is 20.6 Å². The van der Waals surface area contributed by atoms with E-state index in [1.54, 1.807) is 12.1 Å². The third-order valence-electron chi connectivity index (χ3n) is 5.18. The second kappa shape index (κ2) is 5.67. The van der Waals surface area contributed by atoms with Crippen LogP contribution in [0.2, 0.25) is 0 Å². The van der Waals surface area contributed by atoms with Gasteiger partial charge in [-0.1, -0.05) is 18.2 Å². The molecule has 0 bridgehead atoms. The van der Waals surface area contributed by atoms with Crippen molar-refractivity contribution < 1.29 is 21.2 Å². The molecule has 4 aromatic heterocycles. The van der Waals surface area contributed by atoms with Crippen LogP contribution in [0.15, 0.2) is 63.7 Å². The average molecular weight is 387 g/mol. The molecular formula is C25H18N2O2. The van der Waals surface area contributed by atoms with Crippen LogP contribution in [-0.4, -0.2) is 9.97 Å². The Morgan fingerprint density at radius 3 is 2.59 bits per heavy atom. The highest BCUT2D eigenvalue weighted by Crippen LogP contribution is 2.42. The molecule has 0 aliphatic carbocycles. The van der Waals surface area contributed by atoms with Crippen molar-refractivity contribution in [3.8, 4) is 11.3 Å². The maximum Gasteiger partial charge on any atom is 0.148 e. The van der Waals surface area contributed by atoms with Crippen molar-refractivity contribution in [2.24, 2.45) is 0 Å². The Morgan fingerprint density at radius 2 is 1.69 bits per heavy atom. The number of pyridine rings is 2. The van der Waals surface area contributed by atoms with Crippen molar-refractivity contribution in [2.45, 2.75) is 20.6 Å². The highest BCUT2D eigenvalue weighted by atomic mass is 16.3. The lowest BCUT2D eigenvalue weighted by molar-refractivity contribution is 0.663. The van der Waals surface area contributed by atoms with Crippen molar-refractivity contribution in [2.75, 3.05) is 0 Å². The molecule has 0 amide bonds. The quantitative estimate of drug-likeness (QED) is 0.309. The van der Waals surface area contributed by atoms with Crippen LogP contribution < -0.4 is 0 Å². The first kappa shape index (κ1) is 9.70. The van der Waals surface area contributed by atoms with Crippen molar-refractivity contribution in [3.63, 3.8) is 0 Å². The van der Waals surface area contributed by atoms with Crippen LogP contribution in [0.25, 0.3) is 55.1 Å². The average Bonchev–Trinajstić information content (AvgIpc) is 3.39. The Labute approximate surface area is 179 Å². The summed E-state index contributed by atoms with van der Waals surface area (Å²) in [7, 11) is 0. The van der Waals surface area contributed by atoms with E-state index in [-0.39, 0.29) is 39.0 Å². The fourth-order valence-electron chi connectivity index (χ4n) is 3.83. The lowest BCUT2D eigenvalue weighted by Crippen LogP contribution is -1.91. The number of rotatable bonds is 1. The summed E-state index contributed by atoms with van der Waals surface area (Å²) in [6, 6.07) is 12.0. The van der Waals surface area contributed by atoms with Crippen LogP contribution >= 0.6 is 0 Å². The molecule has 0 unspecified atom stereocenters. The van der Waals surface area contributed by atoms with E-state index in [9.17, 15) is 0 Å². The zero-order chi connectivity index (χ0) is 27.2. The first-order chi connectivity index (χ1) is 17.7. The highest BCUT2D eigenvalue weighted by molar-refractivity contribution is 6.23. The Bertz CT molecular complexity index is 1890. The van der Waals surface area contributed by atoms with Crippen LogP contribution in [0.1, 0.15) is 29.2 Å². The first-order valence-electron chi connectivity index (χ1n) is 13.4. The molecule has 4 heteroatoms. The van der Waals surface area contributed by atoms with E-state index >= 15 is 0 Å². The van der Waals surface area contributed by atoms with E-state index in [0.717, 1.165) is 11.6 Å². The van der Waals surface area contributed by atoms with Gasteiger partial charge in [0, 0.05) is 41.2 Å². The van der Waals surface area contributed by atoms with Gasteiger partial charge in [-0.2, -0.15) is 0 Å². The SMILES string of the molecule is [2H]C([2H])([2H])c1cnc(-c2cnc(C([2H])([2H])[2H])c3c2oc2c3ccc3oc4ccccc4c32)cc1C([2H])([2H])[2H]. The molecule has 0 radical (unpaired) electrons. The smallest absolute Gasteiger partial charge is 0.148 e. The molecule has 0 saturated carbocycles. The number of aryl methyl sites for hydroxylation is 3. The molecule has 2 aromatic carbocycles. The van der Waals surface area contributed by atoms with Gasteiger partial charge in [-0.3, -0.25) is 9.97 Å². The van der Waals surface area contributed by atoms with Gasteiger partial charge in [0.25, 0.3) is 0 Å². The van der Waals surface area contributed by atoms with Crippen molar-refractivity contribution in [1.82, 2.24) is 9.97 Å². The van der Waals surface area contributed by atoms with Gasteiger partial charge in [-0.15, -0.1) is 0 Å².